The zero-order chi connectivity index (χ0) is 17.6. The van der Waals surface area contributed by atoms with Gasteiger partial charge in [0.25, 0.3) is 0 Å². The molecule has 0 fully saturated rings. The van der Waals surface area contributed by atoms with Crippen molar-refractivity contribution in [3.63, 3.8) is 0 Å². The van der Waals surface area contributed by atoms with E-state index in [1.807, 2.05) is 30.3 Å². The standard InChI is InChI=1S/C17H13F2N5O/c18-14-8-7-13(10-15(14)19)24-16(21-22-23-24)11-20-17(25)9-6-12-4-2-1-3-5-12/h1-10H,11H2,(H,20,25)/b9-6+. The van der Waals surface area contributed by atoms with Crippen molar-refractivity contribution in [3.8, 4) is 5.69 Å². The Morgan fingerprint density at radius 1 is 1.12 bits per heavy atom. The molecular formula is C17H13F2N5O. The van der Waals surface area contributed by atoms with Crippen LogP contribution in [0.25, 0.3) is 11.8 Å². The maximum absolute atomic E-state index is 13.3. The lowest BCUT2D eigenvalue weighted by Gasteiger charge is -2.05. The number of halogens is 2. The molecule has 0 atom stereocenters. The van der Waals surface area contributed by atoms with E-state index in [0.717, 1.165) is 17.7 Å². The third-order valence-corrected chi connectivity index (χ3v) is 3.33. The number of rotatable bonds is 5. The van der Waals surface area contributed by atoms with Gasteiger partial charge in [-0.15, -0.1) is 5.10 Å². The molecule has 6 nitrogen and oxygen atoms in total. The first-order valence-electron chi connectivity index (χ1n) is 7.37. The predicted octanol–water partition coefficient (Wildman–Crippen LogP) is 2.27. The number of hydrogen-bond donors (Lipinski definition) is 1. The fourth-order valence-electron chi connectivity index (χ4n) is 2.09. The lowest BCUT2D eigenvalue weighted by molar-refractivity contribution is -0.116. The first-order chi connectivity index (χ1) is 12.1. The van der Waals surface area contributed by atoms with E-state index < -0.39 is 11.6 Å². The van der Waals surface area contributed by atoms with Crippen LogP contribution in [0.4, 0.5) is 8.78 Å². The largest absolute Gasteiger partial charge is 0.345 e. The van der Waals surface area contributed by atoms with Crippen LogP contribution in [-0.2, 0) is 11.3 Å². The molecule has 1 aromatic heterocycles. The maximum Gasteiger partial charge on any atom is 0.244 e. The lowest BCUT2D eigenvalue weighted by Crippen LogP contribution is -2.22. The molecule has 0 saturated heterocycles. The first-order valence-corrected chi connectivity index (χ1v) is 7.37. The Hall–Kier alpha value is -3.42. The third kappa shape index (κ3) is 4.11. The molecule has 0 spiro atoms. The van der Waals surface area contributed by atoms with E-state index >= 15 is 0 Å². The molecule has 25 heavy (non-hydrogen) atoms. The van der Waals surface area contributed by atoms with Crippen molar-refractivity contribution in [2.45, 2.75) is 6.54 Å². The number of carbonyl (C=O) groups is 1. The fourth-order valence-corrected chi connectivity index (χ4v) is 2.09. The second kappa shape index (κ2) is 7.43. The molecule has 3 aromatic rings. The van der Waals surface area contributed by atoms with Crippen molar-refractivity contribution in [2.24, 2.45) is 0 Å². The van der Waals surface area contributed by atoms with Crippen LogP contribution in [0.5, 0.6) is 0 Å². The maximum atomic E-state index is 13.3. The Kier molecular flexibility index (Phi) is 4.89. The molecule has 8 heteroatoms. The van der Waals surface area contributed by atoms with Gasteiger partial charge in [-0.3, -0.25) is 4.79 Å². The van der Waals surface area contributed by atoms with Gasteiger partial charge < -0.3 is 5.32 Å². The summed E-state index contributed by atoms with van der Waals surface area (Å²) in [5, 5.41) is 13.6. The number of nitrogens with one attached hydrogen (secondary N) is 1. The fraction of sp³-hybridized carbons (Fsp3) is 0.0588. The number of hydrogen-bond acceptors (Lipinski definition) is 4. The molecule has 0 radical (unpaired) electrons. The molecule has 0 aliphatic rings. The zero-order valence-electron chi connectivity index (χ0n) is 12.9. The molecule has 0 aliphatic carbocycles. The van der Waals surface area contributed by atoms with Crippen LogP contribution in [0.3, 0.4) is 0 Å². The Bertz CT molecular complexity index is 908. The average molecular weight is 341 g/mol. The molecule has 1 N–H and O–H groups in total. The summed E-state index contributed by atoms with van der Waals surface area (Å²) in [6.07, 6.45) is 3.06. The molecule has 3 rings (SSSR count). The Labute approximate surface area is 141 Å². The van der Waals surface area contributed by atoms with Gasteiger partial charge in [0, 0.05) is 12.1 Å². The predicted molar refractivity (Wildman–Crippen MR) is 86.4 cm³/mol. The summed E-state index contributed by atoms with van der Waals surface area (Å²) in [4.78, 5) is 11.9. The van der Waals surface area contributed by atoms with Crippen LogP contribution in [0.1, 0.15) is 11.4 Å². The highest BCUT2D eigenvalue weighted by atomic mass is 19.2. The summed E-state index contributed by atoms with van der Waals surface area (Å²) >= 11 is 0. The van der Waals surface area contributed by atoms with E-state index in [-0.39, 0.29) is 24.0 Å². The van der Waals surface area contributed by atoms with Crippen LogP contribution in [0.2, 0.25) is 0 Å². The molecule has 126 valence electrons. The first kappa shape index (κ1) is 16.4. The third-order valence-electron chi connectivity index (χ3n) is 3.33. The SMILES string of the molecule is O=C(/C=C/c1ccccc1)NCc1nnnn1-c1ccc(F)c(F)c1. The van der Waals surface area contributed by atoms with Crippen molar-refractivity contribution in [1.82, 2.24) is 25.5 Å². The normalized spacial score (nSPS) is 11.0. The highest BCUT2D eigenvalue weighted by Gasteiger charge is 2.11. The van der Waals surface area contributed by atoms with Crippen LogP contribution in [-0.4, -0.2) is 26.1 Å². The van der Waals surface area contributed by atoms with E-state index in [1.165, 1.54) is 16.8 Å². The summed E-state index contributed by atoms with van der Waals surface area (Å²) in [7, 11) is 0. The van der Waals surface area contributed by atoms with E-state index in [4.69, 9.17) is 0 Å². The number of aromatic nitrogens is 4. The summed E-state index contributed by atoms with van der Waals surface area (Å²) in [6, 6.07) is 12.7. The second-order valence-electron chi connectivity index (χ2n) is 5.07. The topological polar surface area (TPSA) is 72.7 Å². The van der Waals surface area contributed by atoms with Gasteiger partial charge in [0.2, 0.25) is 5.91 Å². The Balaban J connectivity index is 1.66. The van der Waals surface area contributed by atoms with Gasteiger partial charge in [-0.1, -0.05) is 30.3 Å². The summed E-state index contributed by atoms with van der Waals surface area (Å²) in [6.45, 7) is 0.0317. The molecule has 1 heterocycles. The number of tetrazole rings is 1. The molecule has 1 amide bonds. The molecule has 0 bridgehead atoms. The van der Waals surface area contributed by atoms with Gasteiger partial charge in [-0.2, -0.15) is 4.68 Å². The Morgan fingerprint density at radius 2 is 1.92 bits per heavy atom. The number of benzene rings is 2. The summed E-state index contributed by atoms with van der Waals surface area (Å²) in [5.74, 6) is -2.01. The Morgan fingerprint density at radius 3 is 2.68 bits per heavy atom. The van der Waals surface area contributed by atoms with Crippen molar-refractivity contribution in [3.05, 3.63) is 77.6 Å². The molecule has 0 saturated carbocycles. The van der Waals surface area contributed by atoms with Crippen LogP contribution >= 0.6 is 0 Å². The van der Waals surface area contributed by atoms with Crippen molar-refractivity contribution in [2.75, 3.05) is 0 Å². The second-order valence-corrected chi connectivity index (χ2v) is 5.07. The monoisotopic (exact) mass is 341 g/mol. The zero-order valence-corrected chi connectivity index (χ0v) is 12.9. The van der Waals surface area contributed by atoms with Crippen molar-refractivity contribution >= 4 is 12.0 Å². The summed E-state index contributed by atoms with van der Waals surface area (Å²) < 4.78 is 27.6. The smallest absolute Gasteiger partial charge is 0.244 e. The van der Waals surface area contributed by atoms with Crippen LogP contribution in [0, 0.1) is 11.6 Å². The van der Waals surface area contributed by atoms with Crippen molar-refractivity contribution < 1.29 is 13.6 Å². The quantitative estimate of drug-likeness (QED) is 0.723. The molecular weight excluding hydrogens is 328 g/mol. The van der Waals surface area contributed by atoms with E-state index in [2.05, 4.69) is 20.8 Å². The van der Waals surface area contributed by atoms with Crippen LogP contribution < -0.4 is 5.32 Å². The van der Waals surface area contributed by atoms with Gasteiger partial charge in [0.15, 0.2) is 17.5 Å². The molecule has 2 aromatic carbocycles. The van der Waals surface area contributed by atoms with Crippen molar-refractivity contribution in [1.29, 1.82) is 0 Å². The highest BCUT2D eigenvalue weighted by Crippen LogP contribution is 2.13. The van der Waals surface area contributed by atoms with E-state index in [9.17, 15) is 13.6 Å². The van der Waals surface area contributed by atoms with Gasteiger partial charge >= 0.3 is 0 Å². The minimum Gasteiger partial charge on any atom is -0.345 e. The van der Waals surface area contributed by atoms with E-state index in [1.54, 1.807) is 6.08 Å². The number of carbonyl (C=O) groups excluding carboxylic acids is 1. The number of nitrogens with zero attached hydrogens (tertiary/aromatic N) is 4. The van der Waals surface area contributed by atoms with Gasteiger partial charge in [0.1, 0.15) is 0 Å². The molecule has 0 unspecified atom stereocenters. The van der Waals surface area contributed by atoms with Crippen LogP contribution in [0.15, 0.2) is 54.6 Å². The van der Waals surface area contributed by atoms with Gasteiger partial charge in [0.05, 0.1) is 12.2 Å². The number of amides is 1. The van der Waals surface area contributed by atoms with Gasteiger partial charge in [-0.25, -0.2) is 8.78 Å². The summed E-state index contributed by atoms with van der Waals surface area (Å²) in [5.41, 5.74) is 1.15. The average Bonchev–Trinajstić information content (AvgIpc) is 3.10. The van der Waals surface area contributed by atoms with E-state index in [0.29, 0.717) is 0 Å². The minimum absolute atomic E-state index is 0.0317. The molecule has 0 aliphatic heterocycles. The highest BCUT2D eigenvalue weighted by molar-refractivity contribution is 5.91. The lowest BCUT2D eigenvalue weighted by atomic mass is 10.2. The minimum atomic E-state index is -1.01. The van der Waals surface area contributed by atoms with Gasteiger partial charge in [-0.05, 0) is 34.2 Å².